The summed E-state index contributed by atoms with van der Waals surface area (Å²) in [4.78, 5) is 14.7. The first kappa shape index (κ1) is 38.1. The number of ether oxygens (including phenoxy) is 4. The maximum absolute atomic E-state index is 13.8. The quantitative estimate of drug-likeness (QED) is 0.309. The van der Waals surface area contributed by atoms with Gasteiger partial charge in [-0.1, -0.05) is 12.0 Å². The maximum atomic E-state index is 13.8. The second-order valence-electron chi connectivity index (χ2n) is 13.6. The summed E-state index contributed by atoms with van der Waals surface area (Å²) in [6.07, 6.45) is -2.61. The highest BCUT2D eigenvalue weighted by molar-refractivity contribution is 7.90. The van der Waals surface area contributed by atoms with Crippen LogP contribution in [-0.2, 0) is 30.6 Å². The average molecular weight is 735 g/mol. The number of rotatable bonds is 2. The van der Waals surface area contributed by atoms with Gasteiger partial charge in [-0.05, 0) is 75.8 Å². The Morgan fingerprint density at radius 2 is 1.76 bits per heavy atom. The Labute approximate surface area is 296 Å². The van der Waals surface area contributed by atoms with Gasteiger partial charge in [0.05, 0.1) is 37.6 Å². The molecule has 3 heterocycles. The lowest BCUT2D eigenvalue weighted by atomic mass is 9.89. The summed E-state index contributed by atoms with van der Waals surface area (Å²) in [5.41, 5.74) is 1.12. The topological polar surface area (TPSA) is 120 Å². The highest BCUT2D eigenvalue weighted by Crippen LogP contribution is 2.33. The monoisotopic (exact) mass is 734 g/mol. The van der Waals surface area contributed by atoms with Crippen molar-refractivity contribution in [1.82, 2.24) is 9.47 Å². The first-order valence-electron chi connectivity index (χ1n) is 16.9. The van der Waals surface area contributed by atoms with Crippen LogP contribution >= 0.6 is 0 Å². The molecule has 2 aliphatic rings. The summed E-state index contributed by atoms with van der Waals surface area (Å²) in [6.45, 7) is 6.42. The Morgan fingerprint density at radius 1 is 1.02 bits per heavy atom. The number of likely N-dealkylation sites (tertiary alicyclic amines) is 1. The number of nitrogens with zero attached hydrogens (tertiary/aromatic N) is 2. The van der Waals surface area contributed by atoms with Gasteiger partial charge in [-0.2, -0.15) is 13.2 Å². The number of carbonyl (C=O) groups excluding carboxylic acids is 1. The van der Waals surface area contributed by atoms with Crippen LogP contribution in [0.25, 0.3) is 10.9 Å². The number of hydrogen-bond acceptors (Lipinski definition) is 9. The Hall–Kier alpha value is -4.13. The lowest BCUT2D eigenvalue weighted by Crippen LogP contribution is -2.50. The van der Waals surface area contributed by atoms with Crippen molar-refractivity contribution in [3.63, 3.8) is 0 Å². The molecule has 2 aliphatic heterocycles. The molecule has 51 heavy (non-hydrogen) atoms. The van der Waals surface area contributed by atoms with Crippen LogP contribution in [0.4, 0.5) is 29.3 Å². The van der Waals surface area contributed by atoms with Gasteiger partial charge in [0.15, 0.2) is 9.84 Å². The Kier molecular flexibility index (Phi) is 12.0. The normalized spacial score (nSPS) is 19.9. The molecule has 2 aromatic carbocycles. The van der Waals surface area contributed by atoms with Gasteiger partial charge in [0.25, 0.3) is 0 Å². The minimum absolute atomic E-state index is 0.0142. The zero-order valence-electron chi connectivity index (χ0n) is 29.3. The highest BCUT2D eigenvalue weighted by Gasteiger charge is 2.34. The van der Waals surface area contributed by atoms with Crippen molar-refractivity contribution in [3.05, 3.63) is 48.2 Å². The molecule has 278 valence electrons. The first-order chi connectivity index (χ1) is 24.1. The summed E-state index contributed by atoms with van der Waals surface area (Å²) < 4.78 is 90.4. The van der Waals surface area contributed by atoms with Crippen molar-refractivity contribution in [2.45, 2.75) is 62.9 Å². The molecule has 1 fully saturated rings. The Balaban J connectivity index is 1.46. The van der Waals surface area contributed by atoms with Crippen LogP contribution in [0.2, 0.25) is 0 Å². The smallest absolute Gasteiger partial charge is 0.410 e. The molecule has 0 spiro atoms. The van der Waals surface area contributed by atoms with Crippen molar-refractivity contribution in [3.8, 4) is 17.6 Å². The van der Waals surface area contributed by atoms with Gasteiger partial charge in [-0.15, -0.1) is 0 Å². The number of amides is 1. The molecule has 4 bridgehead atoms. The van der Waals surface area contributed by atoms with E-state index in [4.69, 9.17) is 18.9 Å². The summed E-state index contributed by atoms with van der Waals surface area (Å²) >= 11 is 0. The van der Waals surface area contributed by atoms with E-state index in [2.05, 4.69) is 22.5 Å². The highest BCUT2D eigenvalue weighted by atomic mass is 32.2. The summed E-state index contributed by atoms with van der Waals surface area (Å²) in [7, 11) is -3.60. The van der Waals surface area contributed by atoms with Gasteiger partial charge in [0.2, 0.25) is 0 Å². The fourth-order valence-electron chi connectivity index (χ4n) is 6.16. The zero-order chi connectivity index (χ0) is 36.8. The van der Waals surface area contributed by atoms with Gasteiger partial charge in [-0.25, -0.2) is 13.2 Å². The number of aromatic nitrogens is 1. The third-order valence-electron chi connectivity index (χ3n) is 8.44. The molecule has 11 nitrogen and oxygen atoms in total. The van der Waals surface area contributed by atoms with E-state index >= 15 is 0 Å². The van der Waals surface area contributed by atoms with Crippen molar-refractivity contribution in [2.75, 3.05) is 69.6 Å². The predicted molar refractivity (Wildman–Crippen MR) is 188 cm³/mol. The molecule has 0 saturated carbocycles. The molecule has 2 unspecified atom stereocenters. The van der Waals surface area contributed by atoms with E-state index in [-0.39, 0.29) is 54.7 Å². The second-order valence-corrected chi connectivity index (χ2v) is 15.6. The number of hydrogen-bond donors (Lipinski definition) is 2. The summed E-state index contributed by atoms with van der Waals surface area (Å²) in [5.74, 6) is 5.90. The lowest BCUT2D eigenvalue weighted by Gasteiger charge is -2.40. The van der Waals surface area contributed by atoms with Crippen molar-refractivity contribution in [2.24, 2.45) is 5.92 Å². The summed E-state index contributed by atoms with van der Waals surface area (Å²) in [5, 5.41) is 7.27. The van der Waals surface area contributed by atoms with Gasteiger partial charge in [0, 0.05) is 54.8 Å². The Bertz CT molecular complexity index is 1860. The number of fused-ring (bicyclic) bond motifs is 4. The zero-order valence-corrected chi connectivity index (χ0v) is 30.1. The molecule has 1 aromatic heterocycles. The standard InChI is InChI=1S/C36H45F3N4O7S/c1-35(2,3)50-34(44)42-15-12-29-25(23-42)13-16-47-17-18-48-19-20-49-32-21-26(10-11-33(32)51(4,45)46)40-14-6-7-27-22-28-30(41-29)8-5-9-31(28)43(27)24-36(37,38)39/h5,8-11,21-22,25,29,40-41H,12-20,23-24H2,1-4H3. The Morgan fingerprint density at radius 3 is 2.49 bits per heavy atom. The third-order valence-corrected chi connectivity index (χ3v) is 9.58. The van der Waals surface area contributed by atoms with Crippen LogP contribution in [0, 0.1) is 17.8 Å². The maximum Gasteiger partial charge on any atom is 0.410 e. The van der Waals surface area contributed by atoms with Gasteiger partial charge < -0.3 is 39.0 Å². The van der Waals surface area contributed by atoms with Crippen molar-refractivity contribution < 1.29 is 45.3 Å². The minimum atomic E-state index is -4.49. The molecular formula is C36H45F3N4O7S. The van der Waals surface area contributed by atoms with Crippen LogP contribution in [-0.4, -0.2) is 101 Å². The van der Waals surface area contributed by atoms with Crippen LogP contribution in [0.5, 0.6) is 5.75 Å². The number of sulfone groups is 1. The third kappa shape index (κ3) is 10.7. The van der Waals surface area contributed by atoms with Gasteiger partial charge in [-0.3, -0.25) is 0 Å². The van der Waals surface area contributed by atoms with Crippen LogP contribution in [0.1, 0.15) is 39.3 Å². The number of benzene rings is 2. The first-order valence-corrected chi connectivity index (χ1v) is 18.8. The molecule has 1 saturated heterocycles. The molecule has 0 radical (unpaired) electrons. The number of carbonyl (C=O) groups is 1. The van der Waals surface area contributed by atoms with Gasteiger partial charge >= 0.3 is 12.3 Å². The van der Waals surface area contributed by atoms with Crippen LogP contribution in [0.3, 0.4) is 0 Å². The molecule has 3 aromatic rings. The molecule has 15 heteroatoms. The van der Waals surface area contributed by atoms with Crippen LogP contribution in [0.15, 0.2) is 47.4 Å². The van der Waals surface area contributed by atoms with Crippen LogP contribution < -0.4 is 15.4 Å². The molecule has 2 atom stereocenters. The molecule has 2 N–H and O–H groups in total. The van der Waals surface area contributed by atoms with E-state index in [0.29, 0.717) is 61.4 Å². The largest absolute Gasteiger partial charge is 0.490 e. The molecule has 5 rings (SSSR count). The van der Waals surface area contributed by atoms with Crippen molar-refractivity contribution >= 4 is 38.2 Å². The second kappa shape index (κ2) is 16.0. The van der Waals surface area contributed by atoms with Crippen molar-refractivity contribution in [1.29, 1.82) is 0 Å². The fraction of sp³-hybridized carbons (Fsp3) is 0.528. The summed E-state index contributed by atoms with van der Waals surface area (Å²) in [6, 6.07) is 11.3. The number of nitrogens with one attached hydrogen (secondary N) is 2. The predicted octanol–water partition coefficient (Wildman–Crippen LogP) is 5.92. The van der Waals surface area contributed by atoms with E-state index in [1.54, 1.807) is 35.2 Å². The number of piperidine rings is 1. The fourth-order valence-corrected chi connectivity index (χ4v) is 6.95. The average Bonchev–Trinajstić information content (AvgIpc) is 3.37. The van der Waals surface area contributed by atoms with E-state index < -0.39 is 34.3 Å². The number of anilines is 2. The SMILES string of the molecule is CC(C)(C)OC(=O)N1CCC2Nc3cccc4c3cc(n4CC(F)(F)F)C#CCNc3ccc(S(C)(=O)=O)c(c3)OCCOCCOCCC2C1. The molecular weight excluding hydrogens is 689 g/mol. The minimum Gasteiger partial charge on any atom is -0.490 e. The molecule has 0 aliphatic carbocycles. The number of halogens is 3. The van der Waals surface area contributed by atoms with E-state index in [9.17, 15) is 26.4 Å². The van der Waals surface area contributed by atoms with E-state index in [1.807, 2.05) is 26.8 Å². The van der Waals surface area contributed by atoms with E-state index in [1.165, 1.54) is 6.07 Å². The van der Waals surface area contributed by atoms with Gasteiger partial charge in [0.1, 0.15) is 29.4 Å². The van der Waals surface area contributed by atoms with E-state index in [0.717, 1.165) is 10.8 Å². The molecule has 1 amide bonds. The lowest BCUT2D eigenvalue weighted by molar-refractivity contribution is -0.140. The number of alkyl halides is 3.